The molecule has 6 heteroatoms. The fourth-order valence-corrected chi connectivity index (χ4v) is 2.80. The maximum Gasteiger partial charge on any atom is 0.269 e. The smallest absolute Gasteiger partial charge is 0.269 e. The number of nitrogens with zero attached hydrogens (tertiary/aromatic N) is 3. The van der Waals surface area contributed by atoms with Crippen LogP contribution in [-0.4, -0.2) is 41.9 Å². The topological polar surface area (TPSA) is 66.7 Å². The summed E-state index contributed by atoms with van der Waals surface area (Å²) < 4.78 is 0. The maximum atomic E-state index is 12.3. The zero-order valence-corrected chi connectivity index (χ0v) is 13.7. The van der Waals surface area contributed by atoms with E-state index in [1.54, 1.807) is 18.2 Å². The number of non-ortho nitro benzene ring substituents is 1. The minimum absolute atomic E-state index is 0.0361. The highest BCUT2D eigenvalue weighted by molar-refractivity contribution is 5.92. The zero-order chi connectivity index (χ0) is 17.6. The third kappa shape index (κ3) is 4.23. The molecule has 3 rings (SSSR count). The Kier molecular flexibility index (Phi) is 5.09. The van der Waals surface area contributed by atoms with Gasteiger partial charge in [0.05, 0.1) is 4.92 Å². The molecule has 0 atom stereocenters. The monoisotopic (exact) mass is 337 g/mol. The number of benzene rings is 2. The van der Waals surface area contributed by atoms with Gasteiger partial charge in [-0.1, -0.05) is 18.2 Å². The summed E-state index contributed by atoms with van der Waals surface area (Å²) >= 11 is 0. The van der Waals surface area contributed by atoms with Gasteiger partial charge in [-0.05, 0) is 35.9 Å². The maximum absolute atomic E-state index is 12.3. The molecule has 1 heterocycles. The Morgan fingerprint density at radius 3 is 2.20 bits per heavy atom. The number of hydrogen-bond donors (Lipinski definition) is 0. The van der Waals surface area contributed by atoms with Gasteiger partial charge in [0.15, 0.2) is 0 Å². The van der Waals surface area contributed by atoms with Crippen molar-refractivity contribution in [2.75, 3.05) is 31.1 Å². The van der Waals surface area contributed by atoms with Gasteiger partial charge in [0.1, 0.15) is 0 Å². The lowest BCUT2D eigenvalue weighted by molar-refractivity contribution is -0.384. The number of piperazine rings is 1. The van der Waals surface area contributed by atoms with E-state index >= 15 is 0 Å². The largest absolute Gasteiger partial charge is 0.368 e. The van der Waals surface area contributed by atoms with E-state index in [-0.39, 0.29) is 11.6 Å². The number of amides is 1. The van der Waals surface area contributed by atoms with Gasteiger partial charge in [-0.3, -0.25) is 14.9 Å². The Morgan fingerprint density at radius 2 is 1.60 bits per heavy atom. The van der Waals surface area contributed by atoms with Gasteiger partial charge in [0, 0.05) is 50.1 Å². The highest BCUT2D eigenvalue weighted by atomic mass is 16.6. The molecule has 1 amide bonds. The molecule has 1 saturated heterocycles. The van der Waals surface area contributed by atoms with Gasteiger partial charge in [-0.25, -0.2) is 0 Å². The molecule has 2 aromatic rings. The Bertz CT molecular complexity index is 764. The lowest BCUT2D eigenvalue weighted by Gasteiger charge is -2.35. The number of para-hydroxylation sites is 1. The van der Waals surface area contributed by atoms with E-state index in [0.717, 1.165) is 18.7 Å². The number of carbonyl (C=O) groups is 1. The lowest BCUT2D eigenvalue weighted by Crippen LogP contribution is -2.48. The first-order valence-electron chi connectivity index (χ1n) is 8.15. The summed E-state index contributed by atoms with van der Waals surface area (Å²) in [5.74, 6) is -0.0361. The van der Waals surface area contributed by atoms with Gasteiger partial charge < -0.3 is 9.80 Å². The van der Waals surface area contributed by atoms with Crippen LogP contribution in [0.3, 0.4) is 0 Å². The number of nitro groups is 1. The Labute approximate surface area is 146 Å². The van der Waals surface area contributed by atoms with E-state index in [1.807, 2.05) is 23.1 Å². The third-order valence-corrected chi connectivity index (χ3v) is 4.23. The van der Waals surface area contributed by atoms with Crippen molar-refractivity contribution >= 4 is 23.4 Å². The summed E-state index contributed by atoms with van der Waals surface area (Å²) in [5.41, 5.74) is 1.98. The van der Waals surface area contributed by atoms with Crippen molar-refractivity contribution in [2.45, 2.75) is 0 Å². The molecule has 0 unspecified atom stereocenters. The van der Waals surface area contributed by atoms with Crippen molar-refractivity contribution in [1.29, 1.82) is 0 Å². The lowest BCUT2D eigenvalue weighted by atomic mass is 10.2. The quantitative estimate of drug-likeness (QED) is 0.489. The number of nitro benzene ring substituents is 1. The summed E-state index contributed by atoms with van der Waals surface area (Å²) in [7, 11) is 0. The second-order valence-corrected chi connectivity index (χ2v) is 5.83. The molecule has 25 heavy (non-hydrogen) atoms. The van der Waals surface area contributed by atoms with Crippen LogP contribution in [0.15, 0.2) is 60.7 Å². The molecule has 2 aromatic carbocycles. The van der Waals surface area contributed by atoms with Gasteiger partial charge in [0.25, 0.3) is 5.69 Å². The Hall–Kier alpha value is -3.15. The average molecular weight is 337 g/mol. The molecule has 1 aliphatic heterocycles. The van der Waals surface area contributed by atoms with E-state index in [2.05, 4.69) is 17.0 Å². The first kappa shape index (κ1) is 16.7. The van der Waals surface area contributed by atoms with Crippen LogP contribution in [-0.2, 0) is 4.79 Å². The van der Waals surface area contributed by atoms with Gasteiger partial charge in [0.2, 0.25) is 5.91 Å². The molecule has 0 aromatic heterocycles. The molecule has 0 spiro atoms. The van der Waals surface area contributed by atoms with Gasteiger partial charge in [-0.15, -0.1) is 0 Å². The SMILES string of the molecule is O=C(C=Cc1ccc([N+](=O)[O-])cc1)N1CCN(c2ccccc2)CC1. The van der Waals surface area contributed by atoms with Crippen LogP contribution in [0.25, 0.3) is 6.08 Å². The first-order chi connectivity index (χ1) is 12.1. The highest BCUT2D eigenvalue weighted by Crippen LogP contribution is 2.16. The minimum Gasteiger partial charge on any atom is -0.368 e. The molecular weight excluding hydrogens is 318 g/mol. The van der Waals surface area contributed by atoms with Crippen molar-refractivity contribution in [2.24, 2.45) is 0 Å². The fourth-order valence-electron chi connectivity index (χ4n) is 2.80. The van der Waals surface area contributed by atoms with E-state index in [0.29, 0.717) is 13.1 Å². The number of rotatable bonds is 4. The minimum atomic E-state index is -0.440. The van der Waals surface area contributed by atoms with Crippen molar-refractivity contribution in [3.8, 4) is 0 Å². The van der Waals surface area contributed by atoms with Crippen molar-refractivity contribution in [3.05, 3.63) is 76.4 Å². The van der Waals surface area contributed by atoms with Crippen molar-refractivity contribution in [1.82, 2.24) is 4.90 Å². The van der Waals surface area contributed by atoms with E-state index in [1.165, 1.54) is 23.9 Å². The van der Waals surface area contributed by atoms with Crippen LogP contribution in [0.4, 0.5) is 11.4 Å². The second kappa shape index (κ2) is 7.61. The normalized spacial score (nSPS) is 14.7. The van der Waals surface area contributed by atoms with Crippen molar-refractivity contribution in [3.63, 3.8) is 0 Å². The number of hydrogen-bond acceptors (Lipinski definition) is 4. The molecule has 6 nitrogen and oxygen atoms in total. The zero-order valence-electron chi connectivity index (χ0n) is 13.7. The number of carbonyl (C=O) groups excluding carboxylic acids is 1. The standard InChI is InChI=1S/C19H19N3O3/c23-19(11-8-16-6-9-18(10-7-16)22(24)25)21-14-12-20(13-15-21)17-4-2-1-3-5-17/h1-11H,12-15H2. The van der Waals surface area contributed by atoms with E-state index in [4.69, 9.17) is 0 Å². The van der Waals surface area contributed by atoms with E-state index in [9.17, 15) is 14.9 Å². The predicted molar refractivity (Wildman–Crippen MR) is 97.4 cm³/mol. The summed E-state index contributed by atoms with van der Waals surface area (Å²) in [6, 6.07) is 16.3. The summed E-state index contributed by atoms with van der Waals surface area (Å²) in [5, 5.41) is 10.6. The molecule has 0 N–H and O–H groups in total. The Morgan fingerprint density at radius 1 is 0.960 bits per heavy atom. The summed E-state index contributed by atoms with van der Waals surface area (Å²) in [6.45, 7) is 2.97. The Balaban J connectivity index is 1.55. The van der Waals surface area contributed by atoms with Crippen LogP contribution >= 0.6 is 0 Å². The van der Waals surface area contributed by atoms with Gasteiger partial charge >= 0.3 is 0 Å². The molecular formula is C19H19N3O3. The summed E-state index contributed by atoms with van der Waals surface area (Å²) in [6.07, 6.45) is 3.22. The van der Waals surface area contributed by atoms with Crippen LogP contribution in [0.1, 0.15) is 5.56 Å². The second-order valence-electron chi connectivity index (χ2n) is 5.83. The van der Waals surface area contributed by atoms with Crippen LogP contribution in [0, 0.1) is 10.1 Å². The molecule has 0 saturated carbocycles. The van der Waals surface area contributed by atoms with Crippen molar-refractivity contribution < 1.29 is 9.72 Å². The average Bonchev–Trinajstić information content (AvgIpc) is 2.67. The van der Waals surface area contributed by atoms with Crippen LogP contribution < -0.4 is 4.90 Å². The van der Waals surface area contributed by atoms with Gasteiger partial charge in [-0.2, -0.15) is 0 Å². The van der Waals surface area contributed by atoms with E-state index < -0.39 is 4.92 Å². The molecule has 0 radical (unpaired) electrons. The third-order valence-electron chi connectivity index (χ3n) is 4.23. The predicted octanol–water partition coefficient (Wildman–Crippen LogP) is 2.96. The molecule has 0 bridgehead atoms. The number of anilines is 1. The molecule has 0 aliphatic carbocycles. The fraction of sp³-hybridized carbons (Fsp3) is 0.211. The summed E-state index contributed by atoms with van der Waals surface area (Å²) in [4.78, 5) is 26.6. The van der Waals surface area contributed by atoms with Crippen LogP contribution in [0.2, 0.25) is 0 Å². The molecule has 128 valence electrons. The molecule has 1 fully saturated rings. The van der Waals surface area contributed by atoms with Crippen LogP contribution in [0.5, 0.6) is 0 Å². The highest BCUT2D eigenvalue weighted by Gasteiger charge is 2.19. The first-order valence-corrected chi connectivity index (χ1v) is 8.15. The molecule has 1 aliphatic rings.